The van der Waals surface area contributed by atoms with Crippen LogP contribution >= 0.6 is 0 Å². The lowest BCUT2D eigenvalue weighted by atomic mass is 9.81. The van der Waals surface area contributed by atoms with Crippen molar-refractivity contribution in [2.24, 2.45) is 0 Å². The summed E-state index contributed by atoms with van der Waals surface area (Å²) in [6.45, 7) is 4.91. The largest absolute Gasteiger partial charge is 0.497 e. The Kier molecular flexibility index (Phi) is 5.72. The Balaban J connectivity index is 1.49. The average Bonchev–Trinajstić information content (AvgIpc) is 2.92. The van der Waals surface area contributed by atoms with Crippen molar-refractivity contribution in [2.45, 2.75) is 12.5 Å². The van der Waals surface area contributed by atoms with Gasteiger partial charge in [0.2, 0.25) is 5.88 Å². The van der Waals surface area contributed by atoms with E-state index < -0.39 is 0 Å². The van der Waals surface area contributed by atoms with E-state index in [1.54, 1.807) is 13.4 Å². The van der Waals surface area contributed by atoms with Crippen LogP contribution in [0.15, 0.2) is 67.0 Å². The molecule has 0 spiro atoms. The van der Waals surface area contributed by atoms with Crippen molar-refractivity contribution in [3.05, 3.63) is 89.2 Å². The molecular weight excluding hydrogens is 440 g/mol. The van der Waals surface area contributed by atoms with Gasteiger partial charge in [-0.3, -0.25) is 10.3 Å². The number of ether oxygens (including phenoxy) is 3. The summed E-state index contributed by atoms with van der Waals surface area (Å²) in [5.41, 5.74) is 3.38. The molecule has 1 saturated heterocycles. The van der Waals surface area contributed by atoms with Crippen LogP contribution in [0.3, 0.4) is 0 Å². The Bertz CT molecular complexity index is 1420. The highest BCUT2D eigenvalue weighted by Gasteiger charge is 2.33. The van der Waals surface area contributed by atoms with Gasteiger partial charge in [0.1, 0.15) is 23.3 Å². The normalized spacial score (nSPS) is 17.5. The smallest absolute Gasteiger partial charge is 0.228 e. The Morgan fingerprint density at radius 1 is 0.971 bits per heavy atom. The molecular formula is C28H28N4O3. The highest BCUT2D eigenvalue weighted by atomic mass is 16.5. The van der Waals surface area contributed by atoms with Crippen LogP contribution in [0, 0.1) is 5.41 Å². The van der Waals surface area contributed by atoms with Crippen molar-refractivity contribution in [2.75, 3.05) is 40.0 Å². The molecule has 1 aromatic heterocycles. The van der Waals surface area contributed by atoms with Crippen LogP contribution in [0.4, 0.5) is 0 Å². The van der Waals surface area contributed by atoms with Gasteiger partial charge in [-0.1, -0.05) is 42.5 Å². The third-order valence-electron chi connectivity index (χ3n) is 7.01. The first-order chi connectivity index (χ1) is 17.2. The number of nitrogens with one attached hydrogen (secondary N) is 1. The summed E-state index contributed by atoms with van der Waals surface area (Å²) >= 11 is 0. The maximum absolute atomic E-state index is 9.22. The van der Waals surface area contributed by atoms with Crippen molar-refractivity contribution < 1.29 is 14.2 Å². The minimum atomic E-state index is -0.179. The van der Waals surface area contributed by atoms with Crippen LogP contribution < -0.4 is 15.0 Å². The molecule has 1 fully saturated rings. The van der Waals surface area contributed by atoms with E-state index in [-0.39, 0.29) is 5.92 Å². The van der Waals surface area contributed by atoms with Gasteiger partial charge in [-0.25, -0.2) is 4.98 Å². The summed E-state index contributed by atoms with van der Waals surface area (Å²) in [6, 6.07) is 20.5. The summed E-state index contributed by atoms with van der Waals surface area (Å²) in [5.74, 6) is 1.91. The average molecular weight is 469 g/mol. The second kappa shape index (κ2) is 9.17. The van der Waals surface area contributed by atoms with E-state index in [0.29, 0.717) is 17.9 Å². The minimum absolute atomic E-state index is 0.179. The number of hydrogen-bond donors (Lipinski definition) is 1. The van der Waals surface area contributed by atoms with Gasteiger partial charge in [-0.05, 0) is 34.5 Å². The summed E-state index contributed by atoms with van der Waals surface area (Å²) < 4.78 is 19.1. The lowest BCUT2D eigenvalue weighted by molar-refractivity contribution is 0.0362. The standard InChI is InChI=1S/C28H28N4O3/c1-33-21-9-6-20(7-10-21)24-25-22-5-3-2-4-19(22)8-11-23(25)35-28-26(24)27(29)32(18-30-28)13-12-31-14-16-34-17-15-31/h2-11,18,24,29H,12-17H2,1H3/t24-/m0/s1. The number of rotatable bonds is 5. The van der Waals surface area contributed by atoms with Crippen molar-refractivity contribution in [1.82, 2.24) is 14.5 Å². The van der Waals surface area contributed by atoms with E-state index in [9.17, 15) is 5.41 Å². The molecule has 4 aromatic rings. The first kappa shape index (κ1) is 21.8. The molecule has 3 aromatic carbocycles. The van der Waals surface area contributed by atoms with E-state index >= 15 is 0 Å². The monoisotopic (exact) mass is 468 g/mol. The number of nitrogens with zero attached hydrogens (tertiary/aromatic N) is 3. The SMILES string of the molecule is COc1ccc([C@@H]2c3c(ncn(CCN4CCOCC4)c3=N)Oc3ccc4ccccc4c32)cc1. The first-order valence-electron chi connectivity index (χ1n) is 12.0. The molecule has 178 valence electrons. The van der Waals surface area contributed by atoms with E-state index in [2.05, 4.69) is 46.3 Å². The predicted octanol–water partition coefficient (Wildman–Crippen LogP) is 4.14. The molecule has 6 rings (SSSR count). The molecule has 0 radical (unpaired) electrons. The molecule has 2 aliphatic rings. The highest BCUT2D eigenvalue weighted by molar-refractivity contribution is 5.90. The number of fused-ring (bicyclic) bond motifs is 4. The molecule has 0 aliphatic carbocycles. The molecule has 0 bridgehead atoms. The molecule has 3 heterocycles. The second-order valence-electron chi connectivity index (χ2n) is 8.97. The zero-order chi connectivity index (χ0) is 23.8. The van der Waals surface area contributed by atoms with Crippen LogP contribution in [0.1, 0.15) is 22.6 Å². The molecule has 0 saturated carbocycles. The fourth-order valence-electron chi connectivity index (χ4n) is 5.13. The summed E-state index contributed by atoms with van der Waals surface area (Å²) in [5, 5.41) is 11.5. The van der Waals surface area contributed by atoms with Crippen molar-refractivity contribution in [3.8, 4) is 17.4 Å². The van der Waals surface area contributed by atoms with E-state index in [0.717, 1.165) is 71.8 Å². The van der Waals surface area contributed by atoms with Gasteiger partial charge in [-0.15, -0.1) is 0 Å². The topological polar surface area (TPSA) is 72.6 Å². The van der Waals surface area contributed by atoms with Crippen LogP contribution in [0.25, 0.3) is 10.8 Å². The maximum atomic E-state index is 9.22. The van der Waals surface area contributed by atoms with Gasteiger partial charge in [0.15, 0.2) is 0 Å². The summed E-state index contributed by atoms with van der Waals surface area (Å²) in [4.78, 5) is 7.06. The second-order valence-corrected chi connectivity index (χ2v) is 8.97. The maximum Gasteiger partial charge on any atom is 0.228 e. The number of methoxy groups -OCH3 is 1. The number of morpholine rings is 1. The molecule has 0 amide bonds. The Morgan fingerprint density at radius 2 is 1.77 bits per heavy atom. The predicted molar refractivity (Wildman–Crippen MR) is 133 cm³/mol. The Labute approximate surface area is 204 Å². The first-order valence-corrected chi connectivity index (χ1v) is 12.0. The fourth-order valence-corrected chi connectivity index (χ4v) is 5.13. The van der Waals surface area contributed by atoms with Crippen LogP contribution in [-0.4, -0.2) is 54.4 Å². The van der Waals surface area contributed by atoms with Gasteiger partial charge in [0.05, 0.1) is 25.9 Å². The van der Waals surface area contributed by atoms with Crippen LogP contribution in [0.2, 0.25) is 0 Å². The van der Waals surface area contributed by atoms with E-state index in [1.807, 2.05) is 28.8 Å². The number of benzene rings is 3. The lowest BCUT2D eigenvalue weighted by Gasteiger charge is -2.30. The number of aromatic nitrogens is 2. The summed E-state index contributed by atoms with van der Waals surface area (Å²) in [7, 11) is 1.67. The Morgan fingerprint density at radius 3 is 2.57 bits per heavy atom. The van der Waals surface area contributed by atoms with Crippen molar-refractivity contribution >= 4 is 10.8 Å². The molecule has 7 heteroatoms. The zero-order valence-corrected chi connectivity index (χ0v) is 19.7. The van der Waals surface area contributed by atoms with E-state index in [1.165, 1.54) is 0 Å². The molecule has 1 N–H and O–H groups in total. The number of hydrogen-bond acceptors (Lipinski definition) is 6. The third-order valence-corrected chi connectivity index (χ3v) is 7.01. The summed E-state index contributed by atoms with van der Waals surface area (Å²) in [6.07, 6.45) is 1.73. The molecule has 0 unspecified atom stereocenters. The van der Waals surface area contributed by atoms with Crippen LogP contribution in [0.5, 0.6) is 17.4 Å². The van der Waals surface area contributed by atoms with Crippen molar-refractivity contribution in [1.29, 1.82) is 5.41 Å². The lowest BCUT2D eigenvalue weighted by Crippen LogP contribution is -2.40. The van der Waals surface area contributed by atoms with E-state index in [4.69, 9.17) is 14.2 Å². The fraction of sp³-hybridized carbons (Fsp3) is 0.286. The molecule has 7 nitrogen and oxygen atoms in total. The molecule has 2 aliphatic heterocycles. The quantitative estimate of drug-likeness (QED) is 0.420. The molecule has 35 heavy (non-hydrogen) atoms. The zero-order valence-electron chi connectivity index (χ0n) is 19.7. The van der Waals surface area contributed by atoms with Crippen LogP contribution in [-0.2, 0) is 11.3 Å². The van der Waals surface area contributed by atoms with Gasteiger partial charge in [0.25, 0.3) is 0 Å². The third kappa shape index (κ3) is 3.96. The molecule has 1 atom stereocenters. The van der Waals surface area contributed by atoms with Crippen molar-refractivity contribution in [3.63, 3.8) is 0 Å². The van der Waals surface area contributed by atoms with Gasteiger partial charge in [0, 0.05) is 37.7 Å². The van der Waals surface area contributed by atoms with Gasteiger partial charge < -0.3 is 18.8 Å². The van der Waals surface area contributed by atoms with Gasteiger partial charge >= 0.3 is 0 Å². The van der Waals surface area contributed by atoms with Gasteiger partial charge in [-0.2, -0.15) is 0 Å². The Hall–Kier alpha value is -3.68. The minimum Gasteiger partial charge on any atom is -0.497 e. The highest BCUT2D eigenvalue weighted by Crippen LogP contribution is 2.48.